The van der Waals surface area contributed by atoms with Crippen LogP contribution in [-0.2, 0) is 0 Å². The summed E-state index contributed by atoms with van der Waals surface area (Å²) < 4.78 is 0. The maximum Gasteiger partial charge on any atom is 0.0329 e. The Bertz CT molecular complexity index is 264. The largest absolute Gasteiger partial charge is 0.303 e. The van der Waals surface area contributed by atoms with Crippen molar-refractivity contribution in [2.24, 2.45) is 0 Å². The molecule has 1 fully saturated rings. The Kier molecular flexibility index (Phi) is 0.977. The highest BCUT2D eigenvalue weighted by atomic mass is 15.0. The van der Waals surface area contributed by atoms with Crippen LogP contribution in [0.5, 0.6) is 0 Å². The molecule has 1 aromatic rings. The van der Waals surface area contributed by atoms with Gasteiger partial charge in [0.25, 0.3) is 0 Å². The van der Waals surface area contributed by atoms with Crippen molar-refractivity contribution in [3.8, 4) is 0 Å². The molecule has 1 aromatic carbocycles. The summed E-state index contributed by atoms with van der Waals surface area (Å²) in [6.07, 6.45) is 2.67. The van der Waals surface area contributed by atoms with Gasteiger partial charge in [-0.25, -0.2) is 0 Å². The van der Waals surface area contributed by atoms with Crippen molar-refractivity contribution in [1.29, 1.82) is 0 Å². The molecular weight excluding hydrogens is 134 g/mol. The van der Waals surface area contributed by atoms with Gasteiger partial charge in [-0.15, -0.1) is 0 Å². The zero-order valence-electron chi connectivity index (χ0n) is 6.38. The summed E-state index contributed by atoms with van der Waals surface area (Å²) in [5, 5.41) is 3.59. The first-order valence-electron chi connectivity index (χ1n) is 4.30. The smallest absolute Gasteiger partial charge is 0.0329 e. The van der Waals surface area contributed by atoms with Crippen LogP contribution in [0.2, 0.25) is 0 Å². The third-order valence-electron chi connectivity index (χ3n) is 2.89. The minimum atomic E-state index is 0.677. The Balaban J connectivity index is 2.23. The molecule has 0 unspecified atom stereocenters. The summed E-state index contributed by atoms with van der Waals surface area (Å²) in [7, 11) is 0. The standard InChI is InChI=1S/C10H11N/c1-2-4-8-7(3-1)9-5-6-10(8)11-9/h1-4,9-11H,5-6H2/t9-,10+. The van der Waals surface area contributed by atoms with Crippen LogP contribution in [0.4, 0.5) is 0 Å². The second-order valence-electron chi connectivity index (χ2n) is 3.48. The Labute approximate surface area is 66.4 Å². The van der Waals surface area contributed by atoms with Gasteiger partial charge in [0.15, 0.2) is 0 Å². The molecule has 0 saturated carbocycles. The zero-order valence-corrected chi connectivity index (χ0v) is 6.38. The van der Waals surface area contributed by atoms with Gasteiger partial charge in [0.1, 0.15) is 0 Å². The number of hydrogen-bond acceptors (Lipinski definition) is 1. The van der Waals surface area contributed by atoms with Crippen LogP contribution in [0, 0.1) is 0 Å². The topological polar surface area (TPSA) is 12.0 Å². The normalized spacial score (nSPS) is 32.4. The molecule has 11 heavy (non-hydrogen) atoms. The van der Waals surface area contributed by atoms with E-state index >= 15 is 0 Å². The van der Waals surface area contributed by atoms with Crippen LogP contribution in [0.1, 0.15) is 36.1 Å². The van der Waals surface area contributed by atoms with Gasteiger partial charge in [0.2, 0.25) is 0 Å². The molecule has 56 valence electrons. The molecule has 1 nitrogen and oxygen atoms in total. The highest BCUT2D eigenvalue weighted by molar-refractivity contribution is 5.39. The van der Waals surface area contributed by atoms with Crippen LogP contribution in [0.15, 0.2) is 24.3 Å². The van der Waals surface area contributed by atoms with Crippen molar-refractivity contribution in [3.05, 3.63) is 35.4 Å². The first-order chi connectivity index (χ1) is 5.45. The van der Waals surface area contributed by atoms with Crippen LogP contribution < -0.4 is 5.32 Å². The average molecular weight is 145 g/mol. The van der Waals surface area contributed by atoms with Crippen molar-refractivity contribution in [1.82, 2.24) is 5.32 Å². The fourth-order valence-electron chi connectivity index (χ4n) is 2.38. The van der Waals surface area contributed by atoms with E-state index in [-0.39, 0.29) is 0 Å². The van der Waals surface area contributed by atoms with Gasteiger partial charge < -0.3 is 5.32 Å². The number of benzene rings is 1. The molecule has 2 aliphatic heterocycles. The summed E-state index contributed by atoms with van der Waals surface area (Å²) in [4.78, 5) is 0. The van der Waals surface area contributed by atoms with E-state index in [1.165, 1.54) is 12.8 Å². The molecule has 3 rings (SSSR count). The third-order valence-corrected chi connectivity index (χ3v) is 2.89. The maximum absolute atomic E-state index is 3.59. The fourth-order valence-corrected chi connectivity index (χ4v) is 2.38. The highest BCUT2D eigenvalue weighted by Crippen LogP contribution is 2.44. The van der Waals surface area contributed by atoms with Crippen LogP contribution >= 0.6 is 0 Å². The van der Waals surface area contributed by atoms with E-state index in [0.29, 0.717) is 12.1 Å². The van der Waals surface area contributed by atoms with Gasteiger partial charge >= 0.3 is 0 Å². The molecular formula is C10H11N. The molecule has 0 spiro atoms. The molecule has 2 atom stereocenters. The predicted octanol–water partition coefficient (Wildman–Crippen LogP) is 2.17. The second kappa shape index (κ2) is 1.86. The predicted molar refractivity (Wildman–Crippen MR) is 44.3 cm³/mol. The van der Waals surface area contributed by atoms with Crippen LogP contribution in [0.3, 0.4) is 0 Å². The van der Waals surface area contributed by atoms with E-state index in [0.717, 1.165) is 0 Å². The summed E-state index contributed by atoms with van der Waals surface area (Å²) in [5.74, 6) is 0. The van der Waals surface area contributed by atoms with Crippen LogP contribution in [0.25, 0.3) is 0 Å². The minimum absolute atomic E-state index is 0.677. The monoisotopic (exact) mass is 145 g/mol. The first-order valence-corrected chi connectivity index (χ1v) is 4.30. The van der Waals surface area contributed by atoms with Gasteiger partial charge in [-0.2, -0.15) is 0 Å². The lowest BCUT2D eigenvalue weighted by Crippen LogP contribution is -2.05. The van der Waals surface area contributed by atoms with Gasteiger partial charge in [0.05, 0.1) is 0 Å². The number of hydrogen-bond donors (Lipinski definition) is 1. The molecule has 0 radical (unpaired) electrons. The quantitative estimate of drug-likeness (QED) is 0.590. The molecule has 0 aromatic heterocycles. The zero-order chi connectivity index (χ0) is 7.26. The van der Waals surface area contributed by atoms with E-state index in [1.807, 2.05) is 0 Å². The van der Waals surface area contributed by atoms with E-state index < -0.39 is 0 Å². The number of rotatable bonds is 0. The summed E-state index contributed by atoms with van der Waals surface area (Å²) in [6, 6.07) is 10.1. The Morgan fingerprint density at radius 3 is 2.09 bits per heavy atom. The Morgan fingerprint density at radius 1 is 1.00 bits per heavy atom. The van der Waals surface area contributed by atoms with E-state index in [4.69, 9.17) is 0 Å². The molecule has 1 N–H and O–H groups in total. The SMILES string of the molecule is c1ccc2c(c1)[C@@H]1CC[C@H]2N1. The van der Waals surface area contributed by atoms with Crippen LogP contribution in [-0.4, -0.2) is 0 Å². The van der Waals surface area contributed by atoms with Crippen molar-refractivity contribution in [2.75, 3.05) is 0 Å². The van der Waals surface area contributed by atoms with Crippen molar-refractivity contribution < 1.29 is 0 Å². The first kappa shape index (κ1) is 5.78. The highest BCUT2D eigenvalue weighted by Gasteiger charge is 2.35. The molecule has 0 amide bonds. The lowest BCUT2D eigenvalue weighted by atomic mass is 9.92. The van der Waals surface area contributed by atoms with Gasteiger partial charge in [0, 0.05) is 12.1 Å². The van der Waals surface area contributed by atoms with E-state index in [1.54, 1.807) is 11.1 Å². The number of nitrogens with one attached hydrogen (secondary N) is 1. The fraction of sp³-hybridized carbons (Fsp3) is 0.400. The van der Waals surface area contributed by atoms with Crippen molar-refractivity contribution in [3.63, 3.8) is 0 Å². The minimum Gasteiger partial charge on any atom is -0.303 e. The summed E-state index contributed by atoms with van der Waals surface area (Å²) >= 11 is 0. The molecule has 1 heteroatoms. The van der Waals surface area contributed by atoms with E-state index in [2.05, 4.69) is 29.6 Å². The lowest BCUT2D eigenvalue weighted by Gasteiger charge is -2.11. The molecule has 2 heterocycles. The Morgan fingerprint density at radius 2 is 1.55 bits per heavy atom. The molecule has 2 aliphatic rings. The molecule has 0 aliphatic carbocycles. The number of fused-ring (bicyclic) bond motifs is 5. The van der Waals surface area contributed by atoms with Crippen molar-refractivity contribution >= 4 is 0 Å². The average Bonchev–Trinajstić information content (AvgIpc) is 2.64. The third kappa shape index (κ3) is 0.641. The van der Waals surface area contributed by atoms with Gasteiger partial charge in [-0.05, 0) is 24.0 Å². The van der Waals surface area contributed by atoms with Gasteiger partial charge in [-0.3, -0.25) is 0 Å². The van der Waals surface area contributed by atoms with Crippen molar-refractivity contribution in [2.45, 2.75) is 24.9 Å². The summed E-state index contributed by atoms with van der Waals surface area (Å²) in [5.41, 5.74) is 3.09. The van der Waals surface area contributed by atoms with Gasteiger partial charge in [-0.1, -0.05) is 24.3 Å². The second-order valence-corrected chi connectivity index (χ2v) is 3.48. The summed E-state index contributed by atoms with van der Waals surface area (Å²) in [6.45, 7) is 0. The maximum atomic E-state index is 3.59. The van der Waals surface area contributed by atoms with E-state index in [9.17, 15) is 0 Å². The molecule has 1 saturated heterocycles. The Hall–Kier alpha value is -0.820. The lowest BCUT2D eigenvalue weighted by molar-refractivity contribution is 0.639. The molecule has 2 bridgehead atoms.